The van der Waals surface area contributed by atoms with Crippen LogP contribution < -0.4 is 5.73 Å². The highest BCUT2D eigenvalue weighted by atomic mass is 19.1. The molecule has 1 aromatic heterocycles. The third kappa shape index (κ3) is 1.90. The Kier molecular flexibility index (Phi) is 2.82. The number of nitrogens with two attached hydrogens (primary N) is 1. The normalized spacial score (nSPS) is 24.6. The van der Waals surface area contributed by atoms with E-state index in [1.54, 1.807) is 6.07 Å². The van der Waals surface area contributed by atoms with Gasteiger partial charge in [-0.05, 0) is 44.2 Å². The van der Waals surface area contributed by atoms with Crippen molar-refractivity contribution in [3.8, 4) is 0 Å². The molecule has 1 saturated carbocycles. The Morgan fingerprint density at radius 3 is 3.00 bits per heavy atom. The van der Waals surface area contributed by atoms with E-state index < -0.39 is 0 Å². The molecule has 2 aromatic rings. The summed E-state index contributed by atoms with van der Waals surface area (Å²) in [5.74, 6) is -0.217. The molecule has 2 atom stereocenters. The van der Waals surface area contributed by atoms with Crippen LogP contribution in [0.3, 0.4) is 0 Å². The van der Waals surface area contributed by atoms with Gasteiger partial charge in [-0.15, -0.1) is 0 Å². The first kappa shape index (κ1) is 11.7. The van der Waals surface area contributed by atoms with Gasteiger partial charge in [-0.25, -0.2) is 9.37 Å². The van der Waals surface area contributed by atoms with Gasteiger partial charge < -0.3 is 10.3 Å². The SMILES string of the molecule is Cc1cc(F)cc2ncn([C@H]3CCC[C@@H](N)C3)c12. The number of hydrogen-bond donors (Lipinski definition) is 1. The van der Waals surface area contributed by atoms with Crippen LogP contribution in [0.4, 0.5) is 4.39 Å². The lowest BCUT2D eigenvalue weighted by Crippen LogP contribution is -2.29. The molecule has 0 unspecified atom stereocenters. The molecule has 18 heavy (non-hydrogen) atoms. The number of halogens is 1. The number of aromatic nitrogens is 2. The second kappa shape index (κ2) is 4.35. The lowest BCUT2D eigenvalue weighted by molar-refractivity contribution is 0.325. The second-order valence-electron chi connectivity index (χ2n) is 5.32. The van der Waals surface area contributed by atoms with E-state index in [0.717, 1.165) is 42.3 Å². The van der Waals surface area contributed by atoms with Gasteiger partial charge in [0.05, 0.1) is 17.4 Å². The third-order valence-electron chi connectivity index (χ3n) is 3.91. The minimum absolute atomic E-state index is 0.217. The Morgan fingerprint density at radius 1 is 1.39 bits per heavy atom. The van der Waals surface area contributed by atoms with Crippen LogP contribution in [0.25, 0.3) is 11.0 Å². The molecule has 1 aliphatic rings. The first-order valence-electron chi connectivity index (χ1n) is 6.53. The Hall–Kier alpha value is -1.42. The fourth-order valence-electron chi connectivity index (χ4n) is 3.06. The van der Waals surface area contributed by atoms with Crippen LogP contribution in [0.15, 0.2) is 18.5 Å². The monoisotopic (exact) mass is 247 g/mol. The summed E-state index contributed by atoms with van der Waals surface area (Å²) in [6.07, 6.45) is 6.22. The van der Waals surface area contributed by atoms with Crippen LogP contribution in [0.2, 0.25) is 0 Å². The number of fused-ring (bicyclic) bond motifs is 1. The smallest absolute Gasteiger partial charge is 0.125 e. The van der Waals surface area contributed by atoms with Gasteiger partial charge in [-0.3, -0.25) is 0 Å². The van der Waals surface area contributed by atoms with Crippen LogP contribution in [0.1, 0.15) is 37.3 Å². The van der Waals surface area contributed by atoms with Crippen molar-refractivity contribution in [2.24, 2.45) is 5.73 Å². The first-order chi connectivity index (χ1) is 8.65. The fourth-order valence-corrected chi connectivity index (χ4v) is 3.06. The zero-order valence-corrected chi connectivity index (χ0v) is 10.6. The highest BCUT2D eigenvalue weighted by Crippen LogP contribution is 2.31. The molecular weight excluding hydrogens is 229 g/mol. The fraction of sp³-hybridized carbons (Fsp3) is 0.500. The first-order valence-corrected chi connectivity index (χ1v) is 6.53. The molecule has 0 saturated heterocycles. The summed E-state index contributed by atoms with van der Waals surface area (Å²) >= 11 is 0. The number of rotatable bonds is 1. The zero-order chi connectivity index (χ0) is 12.7. The maximum Gasteiger partial charge on any atom is 0.125 e. The van der Waals surface area contributed by atoms with Crippen molar-refractivity contribution in [2.45, 2.75) is 44.7 Å². The van der Waals surface area contributed by atoms with Crippen LogP contribution in [0.5, 0.6) is 0 Å². The average Bonchev–Trinajstić information content (AvgIpc) is 2.72. The summed E-state index contributed by atoms with van der Waals surface area (Å²) < 4.78 is 15.5. The van der Waals surface area contributed by atoms with E-state index in [9.17, 15) is 4.39 Å². The number of imidazole rings is 1. The molecule has 0 aliphatic heterocycles. The molecule has 1 heterocycles. The van der Waals surface area contributed by atoms with Gasteiger partial charge in [0.1, 0.15) is 5.82 Å². The summed E-state index contributed by atoms with van der Waals surface area (Å²) in [7, 11) is 0. The summed E-state index contributed by atoms with van der Waals surface area (Å²) in [5.41, 5.74) is 8.78. The minimum atomic E-state index is -0.217. The summed E-state index contributed by atoms with van der Waals surface area (Å²) in [5, 5.41) is 0. The van der Waals surface area contributed by atoms with Gasteiger partial charge in [-0.2, -0.15) is 0 Å². The molecule has 0 amide bonds. The van der Waals surface area contributed by atoms with Crippen LogP contribution in [-0.2, 0) is 0 Å². The van der Waals surface area contributed by atoms with Crippen molar-refractivity contribution in [1.29, 1.82) is 0 Å². The van der Waals surface area contributed by atoms with Crippen LogP contribution in [0, 0.1) is 12.7 Å². The number of aryl methyl sites for hydroxylation is 1. The van der Waals surface area contributed by atoms with Gasteiger partial charge in [0.25, 0.3) is 0 Å². The molecule has 0 radical (unpaired) electrons. The van der Waals surface area contributed by atoms with Gasteiger partial charge in [0, 0.05) is 18.2 Å². The molecule has 0 bridgehead atoms. The minimum Gasteiger partial charge on any atom is -0.328 e. The summed E-state index contributed by atoms with van der Waals surface area (Å²) in [6, 6.07) is 3.76. The molecule has 96 valence electrons. The van der Waals surface area contributed by atoms with E-state index in [2.05, 4.69) is 9.55 Å². The highest BCUT2D eigenvalue weighted by Gasteiger charge is 2.22. The van der Waals surface area contributed by atoms with E-state index >= 15 is 0 Å². The van der Waals surface area contributed by atoms with E-state index in [1.807, 2.05) is 13.3 Å². The quantitative estimate of drug-likeness (QED) is 0.842. The summed E-state index contributed by atoms with van der Waals surface area (Å²) in [6.45, 7) is 1.94. The molecule has 0 spiro atoms. The molecule has 3 rings (SSSR count). The Balaban J connectivity index is 2.07. The molecule has 1 aromatic carbocycles. The van der Waals surface area contributed by atoms with Crippen molar-refractivity contribution in [1.82, 2.24) is 9.55 Å². The van der Waals surface area contributed by atoms with E-state index in [0.29, 0.717) is 6.04 Å². The lowest BCUT2D eigenvalue weighted by atomic mass is 9.91. The number of hydrogen-bond acceptors (Lipinski definition) is 2. The second-order valence-corrected chi connectivity index (χ2v) is 5.32. The van der Waals surface area contributed by atoms with Crippen LogP contribution in [-0.4, -0.2) is 15.6 Å². The van der Waals surface area contributed by atoms with Gasteiger partial charge >= 0.3 is 0 Å². The molecule has 1 fully saturated rings. The molecule has 4 heteroatoms. The Labute approximate surface area is 106 Å². The molecule has 2 N–H and O–H groups in total. The molecule has 1 aliphatic carbocycles. The topological polar surface area (TPSA) is 43.8 Å². The van der Waals surface area contributed by atoms with Crippen molar-refractivity contribution in [3.63, 3.8) is 0 Å². The lowest BCUT2D eigenvalue weighted by Gasteiger charge is -2.28. The van der Waals surface area contributed by atoms with Crippen molar-refractivity contribution in [3.05, 3.63) is 29.8 Å². The highest BCUT2D eigenvalue weighted by molar-refractivity contribution is 5.79. The number of benzene rings is 1. The largest absolute Gasteiger partial charge is 0.328 e. The summed E-state index contributed by atoms with van der Waals surface area (Å²) in [4.78, 5) is 4.32. The molecule has 3 nitrogen and oxygen atoms in total. The van der Waals surface area contributed by atoms with Crippen molar-refractivity contribution < 1.29 is 4.39 Å². The Morgan fingerprint density at radius 2 is 2.22 bits per heavy atom. The maximum absolute atomic E-state index is 13.3. The van der Waals surface area contributed by atoms with Crippen molar-refractivity contribution in [2.75, 3.05) is 0 Å². The molecular formula is C14H18FN3. The third-order valence-corrected chi connectivity index (χ3v) is 3.91. The van der Waals surface area contributed by atoms with Gasteiger partial charge in [0.2, 0.25) is 0 Å². The van der Waals surface area contributed by atoms with Crippen LogP contribution >= 0.6 is 0 Å². The predicted octanol–water partition coefficient (Wildman–Crippen LogP) is 2.93. The zero-order valence-electron chi connectivity index (χ0n) is 10.6. The standard InChI is InChI=1S/C14H18FN3/c1-9-5-10(15)6-13-14(9)18(8-17-13)12-4-2-3-11(16)7-12/h5-6,8,11-12H,2-4,7,16H2,1H3/t11-,12+/m1/s1. The van der Waals surface area contributed by atoms with E-state index in [1.165, 1.54) is 6.07 Å². The van der Waals surface area contributed by atoms with Gasteiger partial charge in [-0.1, -0.05) is 0 Å². The number of nitrogens with zero attached hydrogens (tertiary/aromatic N) is 2. The maximum atomic E-state index is 13.3. The van der Waals surface area contributed by atoms with E-state index in [4.69, 9.17) is 5.73 Å². The van der Waals surface area contributed by atoms with Crippen molar-refractivity contribution >= 4 is 11.0 Å². The predicted molar refractivity (Wildman–Crippen MR) is 69.9 cm³/mol. The Bertz CT molecular complexity index is 576. The average molecular weight is 247 g/mol. The van der Waals surface area contributed by atoms with E-state index in [-0.39, 0.29) is 11.9 Å². The van der Waals surface area contributed by atoms with Gasteiger partial charge in [0.15, 0.2) is 0 Å².